The molecule has 0 amide bonds. The highest BCUT2D eigenvalue weighted by Gasteiger charge is 2.27. The van der Waals surface area contributed by atoms with Gasteiger partial charge < -0.3 is 9.47 Å². The molecule has 0 unspecified atom stereocenters. The van der Waals surface area contributed by atoms with Gasteiger partial charge >= 0.3 is 11.7 Å². The number of ether oxygens (including phenoxy) is 2. The van der Waals surface area contributed by atoms with Crippen molar-refractivity contribution < 1.29 is 19.2 Å². The van der Waals surface area contributed by atoms with E-state index in [1.165, 1.54) is 7.11 Å². The minimum Gasteiger partial charge on any atom is -0.487 e. The molecule has 174 valence electrons. The van der Waals surface area contributed by atoms with Crippen molar-refractivity contribution in [1.82, 2.24) is 9.55 Å². The van der Waals surface area contributed by atoms with E-state index in [9.17, 15) is 14.9 Å². The number of fused-ring (bicyclic) bond motifs is 1. The molecule has 8 heteroatoms. The Balaban J connectivity index is 1.72. The van der Waals surface area contributed by atoms with Crippen LogP contribution < -0.4 is 4.74 Å². The van der Waals surface area contributed by atoms with E-state index in [-0.39, 0.29) is 17.4 Å². The summed E-state index contributed by atoms with van der Waals surface area (Å²) < 4.78 is 12.3. The van der Waals surface area contributed by atoms with Crippen LogP contribution in [0, 0.1) is 10.1 Å². The van der Waals surface area contributed by atoms with Crippen molar-refractivity contribution >= 4 is 22.7 Å². The SMILES string of the molecule is COC(=O)CCCCCOc1ccc2nc(-c3ccccc3)n(-c3ccccc3)c2c1[N+](=O)[O-]. The lowest BCUT2D eigenvalue weighted by molar-refractivity contribution is -0.384. The third-order valence-electron chi connectivity index (χ3n) is 5.49. The summed E-state index contributed by atoms with van der Waals surface area (Å²) >= 11 is 0. The Labute approximate surface area is 196 Å². The first-order valence-corrected chi connectivity index (χ1v) is 11.1. The highest BCUT2D eigenvalue weighted by Crippen LogP contribution is 2.39. The third-order valence-corrected chi connectivity index (χ3v) is 5.49. The van der Waals surface area contributed by atoms with Gasteiger partial charge in [0.05, 0.1) is 24.2 Å². The fourth-order valence-corrected chi connectivity index (χ4v) is 3.87. The van der Waals surface area contributed by atoms with Gasteiger partial charge in [0.2, 0.25) is 0 Å². The number of imidazole rings is 1. The molecule has 34 heavy (non-hydrogen) atoms. The van der Waals surface area contributed by atoms with Crippen molar-refractivity contribution in [2.45, 2.75) is 25.7 Å². The predicted molar refractivity (Wildman–Crippen MR) is 129 cm³/mol. The van der Waals surface area contributed by atoms with E-state index in [2.05, 4.69) is 4.74 Å². The molecule has 0 aliphatic carbocycles. The number of benzene rings is 3. The number of para-hydroxylation sites is 1. The molecule has 4 rings (SSSR count). The second kappa shape index (κ2) is 10.6. The number of rotatable bonds is 10. The molecule has 4 aromatic rings. The van der Waals surface area contributed by atoms with E-state index >= 15 is 0 Å². The van der Waals surface area contributed by atoms with Crippen molar-refractivity contribution in [2.24, 2.45) is 0 Å². The number of nitrogens with zero attached hydrogens (tertiary/aromatic N) is 3. The van der Waals surface area contributed by atoms with Gasteiger partial charge in [-0.2, -0.15) is 0 Å². The van der Waals surface area contributed by atoms with E-state index in [1.54, 1.807) is 12.1 Å². The standard InChI is InChI=1S/C26H25N3O5/c1-33-23(30)15-9-4-10-18-34-22-17-16-21-24(25(22)29(31)32)28(20-13-7-3-8-14-20)26(27-21)19-11-5-2-6-12-19/h2-3,5-8,11-14,16-17H,4,9-10,15,18H2,1H3. The van der Waals surface area contributed by atoms with Gasteiger partial charge in [-0.05, 0) is 43.5 Å². The topological polar surface area (TPSA) is 96.5 Å². The molecule has 1 aromatic heterocycles. The predicted octanol–water partition coefficient (Wildman–Crippen LogP) is 5.71. The van der Waals surface area contributed by atoms with Gasteiger partial charge in [-0.15, -0.1) is 0 Å². The first-order valence-electron chi connectivity index (χ1n) is 11.1. The molecule has 0 fully saturated rings. The molecule has 0 N–H and O–H groups in total. The summed E-state index contributed by atoms with van der Waals surface area (Å²) in [4.78, 5) is 27.8. The number of aromatic nitrogens is 2. The lowest BCUT2D eigenvalue weighted by Gasteiger charge is -2.11. The van der Waals surface area contributed by atoms with Gasteiger partial charge in [0.15, 0.2) is 11.3 Å². The highest BCUT2D eigenvalue weighted by atomic mass is 16.6. The van der Waals surface area contributed by atoms with Crippen LogP contribution in [0.1, 0.15) is 25.7 Å². The number of carbonyl (C=O) groups excluding carboxylic acids is 1. The molecule has 0 bridgehead atoms. The Hall–Kier alpha value is -4.20. The lowest BCUT2D eigenvalue weighted by atomic mass is 10.2. The fourth-order valence-electron chi connectivity index (χ4n) is 3.87. The number of methoxy groups -OCH3 is 1. The van der Waals surface area contributed by atoms with Crippen molar-refractivity contribution in [2.75, 3.05) is 13.7 Å². The maximum atomic E-state index is 12.2. The van der Waals surface area contributed by atoms with Crippen LogP contribution in [0.3, 0.4) is 0 Å². The van der Waals surface area contributed by atoms with Gasteiger partial charge in [0.25, 0.3) is 0 Å². The monoisotopic (exact) mass is 459 g/mol. The first-order chi connectivity index (χ1) is 16.6. The fraction of sp³-hybridized carbons (Fsp3) is 0.231. The largest absolute Gasteiger partial charge is 0.487 e. The van der Waals surface area contributed by atoms with Crippen LogP contribution in [0.15, 0.2) is 72.8 Å². The zero-order valence-corrected chi connectivity index (χ0v) is 18.8. The van der Waals surface area contributed by atoms with E-state index in [1.807, 2.05) is 65.2 Å². The Morgan fingerprint density at radius 2 is 1.68 bits per heavy atom. The van der Waals surface area contributed by atoms with Gasteiger partial charge in [0.1, 0.15) is 5.82 Å². The van der Waals surface area contributed by atoms with Gasteiger partial charge in [0, 0.05) is 17.7 Å². The number of nitro groups is 1. The number of hydrogen-bond acceptors (Lipinski definition) is 6. The molecular weight excluding hydrogens is 434 g/mol. The van der Waals surface area contributed by atoms with E-state index < -0.39 is 4.92 Å². The summed E-state index contributed by atoms with van der Waals surface area (Å²) in [6.45, 7) is 0.304. The molecule has 3 aromatic carbocycles. The summed E-state index contributed by atoms with van der Waals surface area (Å²) in [6.07, 6.45) is 2.45. The van der Waals surface area contributed by atoms with Gasteiger partial charge in [-0.3, -0.25) is 19.5 Å². The lowest BCUT2D eigenvalue weighted by Crippen LogP contribution is -2.04. The number of nitro benzene ring substituents is 1. The summed E-state index contributed by atoms with van der Waals surface area (Å²) in [7, 11) is 1.37. The Morgan fingerprint density at radius 1 is 0.971 bits per heavy atom. The van der Waals surface area contributed by atoms with Gasteiger partial charge in [-0.1, -0.05) is 48.5 Å². The van der Waals surface area contributed by atoms with Crippen LogP contribution in [0.5, 0.6) is 5.75 Å². The van der Waals surface area contributed by atoms with E-state index in [0.29, 0.717) is 42.7 Å². The second-order valence-corrected chi connectivity index (χ2v) is 7.74. The van der Waals surface area contributed by atoms with Crippen LogP contribution in [0.25, 0.3) is 28.1 Å². The van der Waals surface area contributed by atoms with E-state index in [0.717, 1.165) is 17.7 Å². The molecule has 0 radical (unpaired) electrons. The van der Waals surface area contributed by atoms with Crippen LogP contribution in [0.4, 0.5) is 5.69 Å². The molecule has 0 saturated heterocycles. The zero-order valence-electron chi connectivity index (χ0n) is 18.8. The molecule has 0 aliphatic rings. The minimum atomic E-state index is -0.412. The van der Waals surface area contributed by atoms with Crippen molar-refractivity contribution in [3.05, 3.63) is 82.9 Å². The molecule has 0 saturated carbocycles. The second-order valence-electron chi connectivity index (χ2n) is 7.74. The summed E-state index contributed by atoms with van der Waals surface area (Å²) in [5.41, 5.74) is 2.40. The van der Waals surface area contributed by atoms with Crippen LogP contribution in [0.2, 0.25) is 0 Å². The minimum absolute atomic E-state index is 0.120. The first kappa shape index (κ1) is 23.0. The van der Waals surface area contributed by atoms with Gasteiger partial charge in [-0.25, -0.2) is 4.98 Å². The molecule has 0 aliphatic heterocycles. The quantitative estimate of drug-likeness (QED) is 0.130. The molecule has 0 spiro atoms. The molecular formula is C26H25N3O5. The van der Waals surface area contributed by atoms with Crippen LogP contribution >= 0.6 is 0 Å². The maximum Gasteiger partial charge on any atom is 0.336 e. The smallest absolute Gasteiger partial charge is 0.336 e. The molecule has 0 atom stereocenters. The molecule has 1 heterocycles. The maximum absolute atomic E-state index is 12.2. The Morgan fingerprint density at radius 3 is 2.35 bits per heavy atom. The number of hydrogen-bond donors (Lipinski definition) is 0. The zero-order chi connectivity index (χ0) is 23.9. The van der Waals surface area contributed by atoms with Crippen molar-refractivity contribution in [1.29, 1.82) is 0 Å². The van der Waals surface area contributed by atoms with Crippen molar-refractivity contribution in [3.8, 4) is 22.8 Å². The Kier molecular flexibility index (Phi) is 7.17. The van der Waals surface area contributed by atoms with E-state index in [4.69, 9.17) is 9.72 Å². The van der Waals surface area contributed by atoms with Crippen LogP contribution in [-0.4, -0.2) is 34.2 Å². The number of esters is 1. The summed E-state index contributed by atoms with van der Waals surface area (Å²) in [6, 6.07) is 22.4. The summed E-state index contributed by atoms with van der Waals surface area (Å²) in [5, 5.41) is 12.2. The average Bonchev–Trinajstić information content (AvgIpc) is 3.26. The number of carbonyl (C=O) groups is 1. The van der Waals surface area contributed by atoms with Crippen LogP contribution in [-0.2, 0) is 9.53 Å². The van der Waals surface area contributed by atoms with Crippen molar-refractivity contribution in [3.63, 3.8) is 0 Å². The molecule has 8 nitrogen and oxygen atoms in total. The third kappa shape index (κ3) is 4.91. The Bertz CT molecular complexity index is 1290. The normalized spacial score (nSPS) is 10.9. The summed E-state index contributed by atoms with van der Waals surface area (Å²) in [5.74, 6) is 0.567. The average molecular weight is 460 g/mol. The number of unbranched alkanes of at least 4 members (excludes halogenated alkanes) is 2. The highest BCUT2D eigenvalue weighted by molar-refractivity contribution is 5.93.